The van der Waals surface area contributed by atoms with Gasteiger partial charge in [-0.15, -0.1) is 0 Å². The number of Topliss-reactive ketones (excluding diaryl/α,β-unsaturated/α-hetero) is 1. The third-order valence-corrected chi connectivity index (χ3v) is 3.84. The lowest BCUT2D eigenvalue weighted by molar-refractivity contribution is -0.117. The first-order chi connectivity index (χ1) is 8.47. The Morgan fingerprint density at radius 2 is 1.72 bits per heavy atom. The summed E-state index contributed by atoms with van der Waals surface area (Å²) in [4.78, 5) is 20.0. The van der Waals surface area contributed by atoms with Gasteiger partial charge in [0.1, 0.15) is 5.78 Å². The lowest BCUT2D eigenvalue weighted by atomic mass is 10.1. The summed E-state index contributed by atoms with van der Waals surface area (Å²) >= 11 is 1.33. The topological polar surface area (TPSA) is 61.3 Å². The Morgan fingerprint density at radius 3 is 2.06 bits per heavy atom. The third kappa shape index (κ3) is 3.87. The van der Waals surface area contributed by atoms with Gasteiger partial charge in [0.05, 0.1) is 25.5 Å². The van der Waals surface area contributed by atoms with Gasteiger partial charge < -0.3 is 9.47 Å². The van der Waals surface area contributed by atoms with Crippen molar-refractivity contribution in [2.45, 2.75) is 31.2 Å². The first kappa shape index (κ1) is 14.8. The molecule has 0 saturated carbocycles. The molecule has 0 N–H and O–H groups in total. The van der Waals surface area contributed by atoms with Gasteiger partial charge in [0.25, 0.3) is 0 Å². The number of methoxy groups -OCH3 is 2. The van der Waals surface area contributed by atoms with Gasteiger partial charge in [0, 0.05) is 0 Å². The number of nitrogens with zero attached hydrogens (tertiary/aromatic N) is 2. The molecule has 1 unspecified atom stereocenters. The van der Waals surface area contributed by atoms with Crippen molar-refractivity contribution in [3.63, 3.8) is 0 Å². The molecule has 0 aromatic carbocycles. The number of carbonyl (C=O) groups is 1. The van der Waals surface area contributed by atoms with Gasteiger partial charge in [0.2, 0.25) is 11.8 Å². The van der Waals surface area contributed by atoms with Crippen LogP contribution in [0.3, 0.4) is 0 Å². The SMILES string of the molecule is COc1cc(OC)nc(SC(C(C)=O)C(C)C)n1. The Hall–Kier alpha value is -1.30. The summed E-state index contributed by atoms with van der Waals surface area (Å²) in [7, 11) is 3.06. The molecule has 0 fully saturated rings. The van der Waals surface area contributed by atoms with Crippen LogP contribution in [0, 0.1) is 5.92 Å². The average molecular weight is 270 g/mol. The first-order valence-corrected chi connectivity index (χ1v) is 6.50. The molecule has 6 heteroatoms. The summed E-state index contributed by atoms with van der Waals surface area (Å²) in [6.07, 6.45) is 0. The van der Waals surface area contributed by atoms with Crippen molar-refractivity contribution >= 4 is 17.5 Å². The molecule has 0 radical (unpaired) electrons. The molecule has 0 amide bonds. The number of hydrogen-bond donors (Lipinski definition) is 0. The van der Waals surface area contributed by atoms with Gasteiger partial charge >= 0.3 is 0 Å². The predicted octanol–water partition coefficient (Wildman–Crippen LogP) is 2.20. The summed E-state index contributed by atoms with van der Waals surface area (Å²) in [5, 5.41) is 0.321. The van der Waals surface area contributed by atoms with Gasteiger partial charge in [-0.2, -0.15) is 9.97 Å². The van der Waals surface area contributed by atoms with E-state index in [-0.39, 0.29) is 17.0 Å². The zero-order valence-electron chi connectivity index (χ0n) is 11.3. The first-order valence-electron chi connectivity index (χ1n) is 5.62. The summed E-state index contributed by atoms with van der Waals surface area (Å²) in [5.74, 6) is 1.18. The van der Waals surface area contributed by atoms with Crippen molar-refractivity contribution in [3.8, 4) is 11.8 Å². The highest BCUT2D eigenvalue weighted by Gasteiger charge is 2.22. The third-order valence-electron chi connectivity index (χ3n) is 2.32. The molecule has 0 aliphatic heterocycles. The predicted molar refractivity (Wildman–Crippen MR) is 70.3 cm³/mol. The summed E-state index contributed by atoms with van der Waals surface area (Å²) in [5.41, 5.74) is 0. The molecular weight excluding hydrogens is 252 g/mol. The van der Waals surface area contributed by atoms with Crippen LogP contribution < -0.4 is 9.47 Å². The minimum absolute atomic E-state index is 0.111. The molecule has 5 nitrogen and oxygen atoms in total. The Morgan fingerprint density at radius 1 is 1.22 bits per heavy atom. The maximum atomic E-state index is 11.6. The van der Waals surface area contributed by atoms with Gasteiger partial charge in [-0.1, -0.05) is 25.6 Å². The van der Waals surface area contributed by atoms with Crippen LogP contribution >= 0.6 is 11.8 Å². The average Bonchev–Trinajstić information content (AvgIpc) is 2.34. The molecule has 0 spiro atoms. The second-order valence-electron chi connectivity index (χ2n) is 4.13. The van der Waals surface area contributed by atoms with Gasteiger partial charge in [0.15, 0.2) is 5.16 Å². The summed E-state index contributed by atoms with van der Waals surface area (Å²) in [6.45, 7) is 5.57. The molecule has 1 aromatic heterocycles. The number of rotatable bonds is 6. The van der Waals surface area contributed by atoms with E-state index in [0.29, 0.717) is 16.9 Å². The Kier molecular flexibility index (Phi) is 5.40. The molecule has 1 atom stereocenters. The van der Waals surface area contributed by atoms with Crippen molar-refractivity contribution < 1.29 is 14.3 Å². The van der Waals surface area contributed by atoms with Crippen molar-refractivity contribution in [3.05, 3.63) is 6.07 Å². The highest BCUT2D eigenvalue weighted by Crippen LogP contribution is 2.29. The van der Waals surface area contributed by atoms with Gasteiger partial charge in [-0.25, -0.2) is 0 Å². The number of aromatic nitrogens is 2. The lowest BCUT2D eigenvalue weighted by Crippen LogP contribution is -2.20. The van der Waals surface area contributed by atoms with E-state index in [2.05, 4.69) is 9.97 Å². The molecule has 1 rings (SSSR count). The Bertz CT molecular complexity index is 402. The molecule has 0 aliphatic carbocycles. The monoisotopic (exact) mass is 270 g/mol. The minimum Gasteiger partial charge on any atom is -0.481 e. The van der Waals surface area contributed by atoms with Crippen molar-refractivity contribution in [2.75, 3.05) is 14.2 Å². The molecule has 100 valence electrons. The van der Waals surface area contributed by atoms with Crippen LogP contribution in [0.2, 0.25) is 0 Å². The van der Waals surface area contributed by atoms with E-state index >= 15 is 0 Å². The van der Waals surface area contributed by atoms with Crippen molar-refractivity contribution in [1.82, 2.24) is 9.97 Å². The van der Waals surface area contributed by atoms with Crippen LogP contribution in [-0.2, 0) is 4.79 Å². The summed E-state index contributed by atoms with van der Waals surface area (Å²) < 4.78 is 10.1. The van der Waals surface area contributed by atoms with E-state index in [1.807, 2.05) is 13.8 Å². The summed E-state index contributed by atoms with van der Waals surface area (Å²) in [6, 6.07) is 1.60. The maximum absolute atomic E-state index is 11.6. The largest absolute Gasteiger partial charge is 0.481 e. The fourth-order valence-electron chi connectivity index (χ4n) is 1.45. The van der Waals surface area contributed by atoms with Crippen LogP contribution in [0.15, 0.2) is 11.2 Å². The van der Waals surface area contributed by atoms with E-state index < -0.39 is 0 Å². The molecule has 0 aliphatic rings. The zero-order valence-corrected chi connectivity index (χ0v) is 12.1. The van der Waals surface area contributed by atoms with Crippen molar-refractivity contribution in [1.29, 1.82) is 0 Å². The smallest absolute Gasteiger partial charge is 0.220 e. The van der Waals surface area contributed by atoms with Gasteiger partial charge in [-0.05, 0) is 12.8 Å². The minimum atomic E-state index is -0.165. The van der Waals surface area contributed by atoms with Crippen LogP contribution in [0.5, 0.6) is 11.8 Å². The fraction of sp³-hybridized carbons (Fsp3) is 0.583. The highest BCUT2D eigenvalue weighted by molar-refractivity contribution is 8.00. The second-order valence-corrected chi connectivity index (χ2v) is 5.24. The normalized spacial score (nSPS) is 12.3. The second kappa shape index (κ2) is 6.58. The van der Waals surface area contributed by atoms with Crippen LogP contribution in [-0.4, -0.2) is 35.2 Å². The fourth-order valence-corrected chi connectivity index (χ4v) is 2.40. The van der Waals surface area contributed by atoms with Gasteiger partial charge in [-0.3, -0.25) is 4.79 Å². The molecule has 1 aromatic rings. The Balaban J connectivity index is 2.98. The highest BCUT2D eigenvalue weighted by atomic mass is 32.2. The van der Waals surface area contributed by atoms with Crippen LogP contribution in [0.25, 0.3) is 0 Å². The van der Waals surface area contributed by atoms with E-state index in [4.69, 9.17) is 9.47 Å². The number of ether oxygens (including phenoxy) is 2. The molecule has 0 saturated heterocycles. The lowest BCUT2D eigenvalue weighted by Gasteiger charge is -2.16. The number of hydrogen-bond acceptors (Lipinski definition) is 6. The Labute approximate surface area is 111 Å². The molecule has 18 heavy (non-hydrogen) atoms. The number of thioether (sulfide) groups is 1. The number of ketones is 1. The van der Waals surface area contributed by atoms with E-state index in [9.17, 15) is 4.79 Å². The quantitative estimate of drug-likeness (QED) is 0.583. The zero-order chi connectivity index (χ0) is 13.7. The molecular formula is C12H18N2O3S. The van der Waals surface area contributed by atoms with Crippen molar-refractivity contribution in [2.24, 2.45) is 5.92 Å². The maximum Gasteiger partial charge on any atom is 0.220 e. The number of carbonyl (C=O) groups excluding carboxylic acids is 1. The van der Waals surface area contributed by atoms with Crippen LogP contribution in [0.4, 0.5) is 0 Å². The molecule has 1 heterocycles. The molecule has 0 bridgehead atoms. The van der Waals surface area contributed by atoms with Crippen LogP contribution in [0.1, 0.15) is 20.8 Å². The van der Waals surface area contributed by atoms with E-state index in [0.717, 1.165) is 0 Å². The van der Waals surface area contributed by atoms with E-state index in [1.165, 1.54) is 26.0 Å². The standard InChI is InChI=1S/C12H18N2O3S/c1-7(2)11(8(3)15)18-12-13-9(16-4)6-10(14-12)17-5/h6-7,11H,1-5H3. The van der Waals surface area contributed by atoms with E-state index in [1.54, 1.807) is 13.0 Å².